The lowest BCUT2D eigenvalue weighted by Crippen LogP contribution is -2.21. The van der Waals surface area contributed by atoms with Crippen LogP contribution in [0.5, 0.6) is 5.75 Å². The van der Waals surface area contributed by atoms with E-state index in [2.05, 4.69) is 9.73 Å². The Hall–Kier alpha value is -2.25. The third-order valence-electron chi connectivity index (χ3n) is 2.88. The van der Waals surface area contributed by atoms with Crippen LogP contribution in [0.2, 0.25) is 0 Å². The molecular formula is C13H12F3NO4. The van der Waals surface area contributed by atoms with Crippen molar-refractivity contribution in [3.8, 4) is 5.75 Å². The van der Waals surface area contributed by atoms with Crippen molar-refractivity contribution < 1.29 is 32.2 Å². The molecule has 0 N–H and O–H groups in total. The Morgan fingerprint density at radius 3 is 2.67 bits per heavy atom. The number of ether oxygens (including phenoxy) is 3. The number of carbonyl (C=O) groups is 1. The Kier molecular flexibility index (Phi) is 4.06. The smallest absolute Gasteiger partial charge is 0.419 e. The van der Waals surface area contributed by atoms with Gasteiger partial charge in [0.05, 0.1) is 19.8 Å². The summed E-state index contributed by atoms with van der Waals surface area (Å²) >= 11 is 0. The summed E-state index contributed by atoms with van der Waals surface area (Å²) in [6.45, 7) is -0.0601. The second-order valence-corrected chi connectivity index (χ2v) is 4.20. The number of halogens is 3. The van der Waals surface area contributed by atoms with Gasteiger partial charge in [0.1, 0.15) is 12.4 Å². The Morgan fingerprint density at radius 1 is 1.38 bits per heavy atom. The molecule has 0 spiro atoms. The van der Waals surface area contributed by atoms with E-state index < -0.39 is 23.8 Å². The van der Waals surface area contributed by atoms with Gasteiger partial charge in [-0.1, -0.05) is 0 Å². The van der Waals surface area contributed by atoms with Crippen molar-refractivity contribution in [2.24, 2.45) is 4.99 Å². The number of methoxy groups -OCH3 is 2. The molecule has 5 nitrogen and oxygen atoms in total. The molecule has 0 bridgehead atoms. The zero-order valence-electron chi connectivity index (χ0n) is 11.2. The van der Waals surface area contributed by atoms with Gasteiger partial charge >= 0.3 is 12.1 Å². The highest BCUT2D eigenvalue weighted by Gasteiger charge is 2.36. The van der Waals surface area contributed by atoms with Gasteiger partial charge in [0, 0.05) is 5.56 Å². The van der Waals surface area contributed by atoms with Crippen LogP contribution in [-0.2, 0) is 20.4 Å². The summed E-state index contributed by atoms with van der Waals surface area (Å²) in [5.41, 5.74) is -0.815. The second kappa shape index (κ2) is 5.63. The van der Waals surface area contributed by atoms with Gasteiger partial charge in [-0.2, -0.15) is 13.2 Å². The van der Waals surface area contributed by atoms with E-state index in [1.165, 1.54) is 19.2 Å². The average molecular weight is 303 g/mol. The van der Waals surface area contributed by atoms with Gasteiger partial charge in [0.2, 0.25) is 5.90 Å². The molecule has 0 saturated heterocycles. The number of benzene rings is 1. The van der Waals surface area contributed by atoms with Gasteiger partial charge in [-0.3, -0.25) is 0 Å². The monoisotopic (exact) mass is 303 g/mol. The van der Waals surface area contributed by atoms with E-state index in [4.69, 9.17) is 9.47 Å². The van der Waals surface area contributed by atoms with Gasteiger partial charge in [0.15, 0.2) is 6.04 Å². The molecule has 1 aromatic rings. The minimum Gasteiger partial charge on any atom is -0.496 e. The quantitative estimate of drug-likeness (QED) is 0.802. The van der Waals surface area contributed by atoms with Gasteiger partial charge in [0.25, 0.3) is 0 Å². The first kappa shape index (κ1) is 15.1. The van der Waals surface area contributed by atoms with Crippen molar-refractivity contribution >= 4 is 11.9 Å². The van der Waals surface area contributed by atoms with Crippen molar-refractivity contribution in [2.45, 2.75) is 12.2 Å². The number of carbonyl (C=O) groups excluding carboxylic acids is 1. The van der Waals surface area contributed by atoms with Gasteiger partial charge in [-0.25, -0.2) is 9.79 Å². The number of alkyl halides is 3. The van der Waals surface area contributed by atoms with Gasteiger partial charge in [-0.05, 0) is 18.2 Å². The number of aliphatic imine (C=N–C) groups is 1. The lowest BCUT2D eigenvalue weighted by Gasteiger charge is -2.13. The van der Waals surface area contributed by atoms with Crippen molar-refractivity contribution in [1.82, 2.24) is 0 Å². The molecule has 2 rings (SSSR count). The maximum Gasteiger partial charge on any atom is 0.419 e. The van der Waals surface area contributed by atoms with E-state index in [0.29, 0.717) is 0 Å². The van der Waals surface area contributed by atoms with Crippen LogP contribution in [-0.4, -0.2) is 38.7 Å². The summed E-state index contributed by atoms with van der Waals surface area (Å²) < 4.78 is 53.1. The minimum atomic E-state index is -4.57. The highest BCUT2D eigenvalue weighted by Crippen LogP contribution is 2.37. The van der Waals surface area contributed by atoms with Crippen LogP contribution in [0, 0.1) is 0 Å². The largest absolute Gasteiger partial charge is 0.496 e. The first-order valence-corrected chi connectivity index (χ1v) is 5.91. The first-order valence-electron chi connectivity index (χ1n) is 5.91. The fourth-order valence-electron chi connectivity index (χ4n) is 1.85. The fraction of sp³-hybridized carbons (Fsp3) is 0.385. The SMILES string of the molecule is COC(=O)[C@@H]1COC(c2ccc(OC)c(C(F)(F)F)c2)=N1. The Balaban J connectivity index is 2.36. The Morgan fingerprint density at radius 2 is 2.10 bits per heavy atom. The van der Waals surface area contributed by atoms with Crippen molar-refractivity contribution in [2.75, 3.05) is 20.8 Å². The molecule has 1 aliphatic rings. The zero-order valence-corrected chi connectivity index (χ0v) is 11.2. The van der Waals surface area contributed by atoms with Crippen LogP contribution < -0.4 is 4.74 Å². The Bertz CT molecular complexity index is 583. The summed E-state index contributed by atoms with van der Waals surface area (Å²) in [5, 5.41) is 0. The highest BCUT2D eigenvalue weighted by atomic mass is 19.4. The molecule has 0 saturated carbocycles. The average Bonchev–Trinajstić information content (AvgIpc) is 2.94. The molecule has 21 heavy (non-hydrogen) atoms. The van der Waals surface area contributed by atoms with Crippen LogP contribution in [0.4, 0.5) is 13.2 Å². The lowest BCUT2D eigenvalue weighted by molar-refractivity contribution is -0.142. The number of hydrogen-bond acceptors (Lipinski definition) is 5. The van der Waals surface area contributed by atoms with Crippen molar-refractivity contribution in [1.29, 1.82) is 0 Å². The molecule has 0 fully saturated rings. The molecule has 0 amide bonds. The molecule has 1 aliphatic heterocycles. The third kappa shape index (κ3) is 3.09. The maximum atomic E-state index is 12.9. The second-order valence-electron chi connectivity index (χ2n) is 4.20. The standard InChI is InChI=1S/C13H12F3NO4/c1-19-10-4-3-7(5-8(10)13(14,15)16)11-17-9(6-21-11)12(18)20-2/h3-5,9H,6H2,1-2H3/t9-/m0/s1. The molecule has 8 heteroatoms. The van der Waals surface area contributed by atoms with Crippen molar-refractivity contribution in [3.05, 3.63) is 29.3 Å². The summed E-state index contributed by atoms with van der Waals surface area (Å²) in [4.78, 5) is 15.2. The minimum absolute atomic E-state index is 0.0291. The number of esters is 1. The number of hydrogen-bond donors (Lipinski definition) is 0. The van der Waals surface area contributed by atoms with Crippen molar-refractivity contribution in [3.63, 3.8) is 0 Å². The van der Waals surface area contributed by atoms with Crippen LogP contribution in [0.25, 0.3) is 0 Å². The molecule has 1 heterocycles. The predicted molar refractivity (Wildman–Crippen MR) is 66.3 cm³/mol. The maximum absolute atomic E-state index is 12.9. The lowest BCUT2D eigenvalue weighted by atomic mass is 10.1. The molecule has 0 radical (unpaired) electrons. The highest BCUT2D eigenvalue weighted by molar-refractivity contribution is 5.97. The van der Waals surface area contributed by atoms with E-state index in [1.807, 2.05) is 0 Å². The van der Waals surface area contributed by atoms with E-state index in [9.17, 15) is 18.0 Å². The van der Waals surface area contributed by atoms with Crippen LogP contribution >= 0.6 is 0 Å². The third-order valence-corrected chi connectivity index (χ3v) is 2.88. The van der Waals surface area contributed by atoms with Gasteiger partial charge < -0.3 is 14.2 Å². The number of nitrogens with zero attached hydrogens (tertiary/aromatic N) is 1. The molecule has 0 aliphatic carbocycles. The summed E-state index contributed by atoms with van der Waals surface area (Å²) in [7, 11) is 2.35. The Labute approximate surface area is 118 Å². The van der Waals surface area contributed by atoms with E-state index >= 15 is 0 Å². The predicted octanol–water partition coefficient (Wildman–Crippen LogP) is 2.03. The fourth-order valence-corrected chi connectivity index (χ4v) is 1.85. The molecule has 1 aromatic carbocycles. The first-order chi connectivity index (χ1) is 9.86. The van der Waals surface area contributed by atoms with Crippen LogP contribution in [0.15, 0.2) is 23.2 Å². The topological polar surface area (TPSA) is 57.1 Å². The summed E-state index contributed by atoms with van der Waals surface area (Å²) in [6, 6.07) is 2.57. The van der Waals surface area contributed by atoms with E-state index in [0.717, 1.165) is 13.2 Å². The molecular weight excluding hydrogens is 291 g/mol. The van der Waals surface area contributed by atoms with E-state index in [1.54, 1.807) is 0 Å². The van der Waals surface area contributed by atoms with Crippen LogP contribution in [0.3, 0.4) is 0 Å². The van der Waals surface area contributed by atoms with Crippen LogP contribution in [0.1, 0.15) is 11.1 Å². The molecule has 0 unspecified atom stereocenters. The molecule has 114 valence electrons. The summed E-state index contributed by atoms with van der Waals surface area (Å²) in [6.07, 6.45) is -4.57. The number of rotatable bonds is 3. The van der Waals surface area contributed by atoms with Gasteiger partial charge in [-0.15, -0.1) is 0 Å². The molecule has 1 atom stereocenters. The summed E-state index contributed by atoms with van der Waals surface area (Å²) in [5.74, 6) is -0.928. The molecule has 0 aromatic heterocycles. The van der Waals surface area contributed by atoms with E-state index in [-0.39, 0.29) is 23.8 Å². The zero-order chi connectivity index (χ0) is 15.6. The normalized spacial score (nSPS) is 18.0.